The van der Waals surface area contributed by atoms with Crippen LogP contribution in [0.5, 0.6) is 0 Å². The van der Waals surface area contributed by atoms with E-state index in [9.17, 15) is 27.9 Å². The van der Waals surface area contributed by atoms with Gasteiger partial charge >= 0.3 is 5.97 Å². The second-order valence-corrected chi connectivity index (χ2v) is 13.4. The van der Waals surface area contributed by atoms with Crippen molar-refractivity contribution in [2.24, 2.45) is 5.92 Å². The fourth-order valence-electron chi connectivity index (χ4n) is 6.31. The molecule has 2 aromatic rings. The van der Waals surface area contributed by atoms with Crippen LogP contribution in [-0.2, 0) is 30.8 Å². The van der Waals surface area contributed by atoms with Gasteiger partial charge in [0.15, 0.2) is 0 Å². The second kappa shape index (κ2) is 12.3. The lowest BCUT2D eigenvalue weighted by molar-refractivity contribution is -0.142. The number of aliphatic carboxylic acids is 1. The summed E-state index contributed by atoms with van der Waals surface area (Å²) in [6, 6.07) is 11.3. The minimum Gasteiger partial charge on any atom is -0.480 e. The summed E-state index contributed by atoms with van der Waals surface area (Å²) in [6.07, 6.45) is 6.39. The number of hydrogen-bond donors (Lipinski definition) is 4. The van der Waals surface area contributed by atoms with Crippen LogP contribution >= 0.6 is 0 Å². The van der Waals surface area contributed by atoms with Gasteiger partial charge in [-0.2, -0.15) is 4.31 Å². The molecule has 2 aliphatic heterocycles. The predicted octanol–water partition coefficient (Wildman–Crippen LogP) is 2.82. The number of hydrogen-bond acceptors (Lipinski definition) is 6. The molecule has 0 radical (unpaired) electrons. The molecular weight excluding hydrogens is 544 g/mol. The van der Waals surface area contributed by atoms with Gasteiger partial charge in [-0.25, -0.2) is 13.2 Å². The molecule has 2 saturated heterocycles. The Hall–Kier alpha value is -3.28. The van der Waals surface area contributed by atoms with E-state index in [0.717, 1.165) is 22.7 Å². The van der Waals surface area contributed by atoms with Crippen LogP contribution in [0.1, 0.15) is 56.1 Å². The van der Waals surface area contributed by atoms with Crippen molar-refractivity contribution in [2.45, 2.75) is 87.4 Å². The van der Waals surface area contributed by atoms with Gasteiger partial charge in [0.1, 0.15) is 12.1 Å². The highest BCUT2D eigenvalue weighted by Crippen LogP contribution is 2.33. The molecule has 2 heterocycles. The molecule has 0 bridgehead atoms. The quantitative estimate of drug-likeness (QED) is 0.356. The highest BCUT2D eigenvalue weighted by atomic mass is 32.2. The Balaban J connectivity index is 1.18. The number of aryl methyl sites for hydroxylation is 1. The first-order chi connectivity index (χ1) is 19.6. The first-order valence-corrected chi connectivity index (χ1v) is 15.8. The van der Waals surface area contributed by atoms with Crippen molar-refractivity contribution in [3.8, 4) is 0 Å². The molecule has 5 atom stereocenters. The van der Waals surface area contributed by atoms with Crippen LogP contribution in [0.25, 0.3) is 0 Å². The number of nitrogens with zero attached hydrogens (tertiary/aromatic N) is 1. The lowest BCUT2D eigenvalue weighted by Crippen LogP contribution is -2.51. The van der Waals surface area contributed by atoms with Gasteiger partial charge in [-0.3, -0.25) is 9.59 Å². The maximum Gasteiger partial charge on any atom is 0.326 e. The number of sulfonamides is 1. The molecule has 0 aromatic heterocycles. The van der Waals surface area contributed by atoms with Crippen LogP contribution in [0.2, 0.25) is 0 Å². The van der Waals surface area contributed by atoms with Gasteiger partial charge in [-0.1, -0.05) is 42.7 Å². The SMILES string of the molecule is Cc1ccc(S(=O)(=O)N2CCC[C@H]2C(=O)N[C@@H](Cc2ccc(NC(=O)C3CC4CCCCC4N3)cc2)C(=O)O)cc1. The second-order valence-electron chi connectivity index (χ2n) is 11.5. The number of carboxylic acid groups (broad SMARTS) is 1. The van der Waals surface area contributed by atoms with Gasteiger partial charge in [0, 0.05) is 24.7 Å². The molecule has 2 amide bonds. The van der Waals surface area contributed by atoms with Crippen LogP contribution in [0, 0.1) is 12.8 Å². The normalized spacial score (nSPS) is 25.3. The van der Waals surface area contributed by atoms with E-state index in [2.05, 4.69) is 16.0 Å². The molecule has 220 valence electrons. The van der Waals surface area contributed by atoms with Gasteiger partial charge in [0.05, 0.1) is 10.9 Å². The number of nitrogens with one attached hydrogen (secondary N) is 3. The molecule has 0 spiro atoms. The topological polar surface area (TPSA) is 145 Å². The van der Waals surface area contributed by atoms with Crippen molar-refractivity contribution < 1.29 is 27.9 Å². The molecule has 5 rings (SSSR count). The lowest BCUT2D eigenvalue weighted by Gasteiger charge is -2.25. The van der Waals surface area contributed by atoms with E-state index in [1.165, 1.54) is 31.4 Å². The van der Waals surface area contributed by atoms with Crippen molar-refractivity contribution in [2.75, 3.05) is 11.9 Å². The molecule has 3 fully saturated rings. The van der Waals surface area contributed by atoms with E-state index in [-0.39, 0.29) is 29.8 Å². The van der Waals surface area contributed by atoms with Crippen LogP contribution in [0.15, 0.2) is 53.4 Å². The summed E-state index contributed by atoms with van der Waals surface area (Å²) in [7, 11) is -3.91. The van der Waals surface area contributed by atoms with Crippen molar-refractivity contribution in [1.29, 1.82) is 0 Å². The van der Waals surface area contributed by atoms with Crippen LogP contribution in [0.3, 0.4) is 0 Å². The summed E-state index contributed by atoms with van der Waals surface area (Å²) in [6.45, 7) is 2.05. The molecule has 4 N–H and O–H groups in total. The maximum atomic E-state index is 13.2. The highest BCUT2D eigenvalue weighted by molar-refractivity contribution is 7.89. The Morgan fingerprint density at radius 1 is 0.976 bits per heavy atom. The zero-order valence-corrected chi connectivity index (χ0v) is 24.0. The number of anilines is 1. The Bertz CT molecular complexity index is 1360. The Morgan fingerprint density at radius 2 is 1.68 bits per heavy atom. The van der Waals surface area contributed by atoms with E-state index in [1.54, 1.807) is 36.4 Å². The summed E-state index contributed by atoms with van der Waals surface area (Å²) >= 11 is 0. The number of carbonyl (C=O) groups is 3. The largest absolute Gasteiger partial charge is 0.480 e. The number of benzene rings is 2. The van der Waals surface area contributed by atoms with E-state index in [4.69, 9.17) is 0 Å². The third-order valence-corrected chi connectivity index (χ3v) is 10.5. The zero-order chi connectivity index (χ0) is 29.1. The monoisotopic (exact) mass is 582 g/mol. The van der Waals surface area contributed by atoms with Gasteiger partial charge in [-0.15, -0.1) is 0 Å². The smallest absolute Gasteiger partial charge is 0.326 e. The Morgan fingerprint density at radius 3 is 2.37 bits per heavy atom. The molecule has 1 saturated carbocycles. The molecule has 11 heteroatoms. The molecule has 3 aliphatic rings. The Kier molecular flexibility index (Phi) is 8.77. The fraction of sp³-hybridized carbons (Fsp3) is 0.500. The van der Waals surface area contributed by atoms with E-state index in [1.807, 2.05) is 6.92 Å². The van der Waals surface area contributed by atoms with Crippen LogP contribution < -0.4 is 16.0 Å². The molecule has 10 nitrogen and oxygen atoms in total. The minimum absolute atomic E-state index is 0.0142. The number of carbonyl (C=O) groups excluding carboxylic acids is 2. The first kappa shape index (κ1) is 29.2. The standard InChI is InChI=1S/C30H38N4O6S/c1-19-8-14-23(15-9-19)41(39,40)34-16-4-7-27(34)29(36)33-26(30(37)38)17-20-10-12-22(13-11-20)31-28(35)25-18-21-5-2-3-6-24(21)32-25/h8-15,21,24-27,32H,2-7,16-18H2,1H3,(H,31,35)(H,33,36)(H,37,38)/t21?,24?,25?,26-,27-/m0/s1. The lowest BCUT2D eigenvalue weighted by atomic mass is 9.85. The van der Waals surface area contributed by atoms with E-state index < -0.39 is 34.0 Å². The summed E-state index contributed by atoms with van der Waals surface area (Å²) < 4.78 is 27.6. The zero-order valence-electron chi connectivity index (χ0n) is 23.2. The molecular formula is C30H38N4O6S. The Labute approximate surface area is 240 Å². The maximum absolute atomic E-state index is 13.2. The number of amides is 2. The average Bonchev–Trinajstić information content (AvgIpc) is 3.62. The van der Waals surface area contributed by atoms with Gasteiger partial charge < -0.3 is 21.1 Å². The van der Waals surface area contributed by atoms with Crippen molar-refractivity contribution in [1.82, 2.24) is 14.9 Å². The molecule has 3 unspecified atom stereocenters. The van der Waals surface area contributed by atoms with Gasteiger partial charge in [-0.05, 0) is 74.8 Å². The number of fused-ring (bicyclic) bond motifs is 1. The number of carboxylic acids is 1. The molecule has 1 aliphatic carbocycles. The first-order valence-electron chi connectivity index (χ1n) is 14.4. The summed E-state index contributed by atoms with van der Waals surface area (Å²) in [5.74, 6) is -1.34. The fourth-order valence-corrected chi connectivity index (χ4v) is 7.97. The van der Waals surface area contributed by atoms with Crippen molar-refractivity contribution >= 4 is 33.5 Å². The number of rotatable bonds is 9. The molecule has 2 aromatic carbocycles. The van der Waals surface area contributed by atoms with E-state index in [0.29, 0.717) is 36.1 Å². The van der Waals surface area contributed by atoms with Crippen LogP contribution in [-0.4, -0.2) is 66.3 Å². The van der Waals surface area contributed by atoms with Gasteiger partial charge in [0.25, 0.3) is 0 Å². The predicted molar refractivity (Wildman–Crippen MR) is 154 cm³/mol. The molecule has 41 heavy (non-hydrogen) atoms. The average molecular weight is 583 g/mol. The summed E-state index contributed by atoms with van der Waals surface area (Å²) in [5, 5.41) is 18.8. The van der Waals surface area contributed by atoms with Crippen LogP contribution in [0.4, 0.5) is 5.69 Å². The van der Waals surface area contributed by atoms with Crippen molar-refractivity contribution in [3.05, 3.63) is 59.7 Å². The highest BCUT2D eigenvalue weighted by Gasteiger charge is 2.41. The summed E-state index contributed by atoms with van der Waals surface area (Å²) in [4.78, 5) is 38.1. The van der Waals surface area contributed by atoms with Gasteiger partial charge in [0.2, 0.25) is 21.8 Å². The van der Waals surface area contributed by atoms with E-state index >= 15 is 0 Å². The third-order valence-electron chi connectivity index (χ3n) is 8.59. The van der Waals surface area contributed by atoms with Crippen molar-refractivity contribution in [3.63, 3.8) is 0 Å². The summed E-state index contributed by atoms with van der Waals surface area (Å²) in [5.41, 5.74) is 2.20. The third kappa shape index (κ3) is 6.63. The minimum atomic E-state index is -3.91.